The number of rotatable bonds is 9. The van der Waals surface area contributed by atoms with Crippen molar-refractivity contribution in [3.63, 3.8) is 0 Å². The minimum Gasteiger partial charge on any atom is -0.396 e. The van der Waals surface area contributed by atoms with Gasteiger partial charge in [0.25, 0.3) is 0 Å². The van der Waals surface area contributed by atoms with Gasteiger partial charge < -0.3 is 15.0 Å². The molecule has 4 heteroatoms. The molecule has 0 radical (unpaired) electrons. The fourth-order valence-electron chi connectivity index (χ4n) is 2.57. The summed E-state index contributed by atoms with van der Waals surface area (Å²) in [5, 5.41) is 13.6. The van der Waals surface area contributed by atoms with Crippen LogP contribution >= 0.6 is 0 Å². The van der Waals surface area contributed by atoms with Crippen molar-refractivity contribution < 1.29 is 5.11 Å². The second kappa shape index (κ2) is 8.15. The van der Waals surface area contributed by atoms with Crippen LogP contribution in [0.15, 0.2) is 24.5 Å². The summed E-state index contributed by atoms with van der Waals surface area (Å²) in [7, 11) is 0. The molecule has 2 aromatic heterocycles. The molecule has 0 aromatic carbocycles. The molecule has 0 amide bonds. The van der Waals surface area contributed by atoms with Crippen molar-refractivity contribution in [2.45, 2.75) is 46.2 Å². The Bertz CT molecular complexity index is 548. The number of aromatic nitrogens is 2. The van der Waals surface area contributed by atoms with E-state index in [2.05, 4.69) is 41.0 Å². The Morgan fingerprint density at radius 2 is 2.14 bits per heavy atom. The lowest BCUT2D eigenvalue weighted by Gasteiger charge is -2.06. The van der Waals surface area contributed by atoms with Crippen molar-refractivity contribution in [2.24, 2.45) is 5.92 Å². The van der Waals surface area contributed by atoms with E-state index < -0.39 is 0 Å². The lowest BCUT2D eigenvalue weighted by atomic mass is 10.2. The van der Waals surface area contributed by atoms with Gasteiger partial charge in [-0.05, 0) is 49.4 Å². The van der Waals surface area contributed by atoms with Gasteiger partial charge in [0.05, 0.1) is 0 Å². The van der Waals surface area contributed by atoms with Gasteiger partial charge in [-0.2, -0.15) is 0 Å². The van der Waals surface area contributed by atoms with Crippen LogP contribution in [-0.2, 0) is 13.1 Å². The zero-order valence-corrected chi connectivity index (χ0v) is 13.2. The topological polar surface area (TPSA) is 50.1 Å². The molecule has 0 aliphatic carbocycles. The molecule has 21 heavy (non-hydrogen) atoms. The predicted octanol–water partition coefficient (Wildman–Crippen LogP) is 2.94. The average Bonchev–Trinajstić information content (AvgIpc) is 2.82. The first-order valence-corrected chi connectivity index (χ1v) is 7.96. The Morgan fingerprint density at radius 3 is 2.90 bits per heavy atom. The molecule has 2 heterocycles. The number of aliphatic hydroxyl groups excluding tert-OH is 1. The smallest absolute Gasteiger partial charge is 0.140 e. The van der Waals surface area contributed by atoms with Crippen molar-refractivity contribution in [2.75, 3.05) is 13.2 Å². The second-order valence-electron chi connectivity index (χ2n) is 6.03. The predicted molar refractivity (Wildman–Crippen MR) is 87.2 cm³/mol. The van der Waals surface area contributed by atoms with Crippen LogP contribution in [0, 0.1) is 5.92 Å². The van der Waals surface area contributed by atoms with Gasteiger partial charge in [-0.1, -0.05) is 13.8 Å². The average molecular weight is 289 g/mol. The molecule has 0 atom stereocenters. The molecule has 0 saturated carbocycles. The van der Waals surface area contributed by atoms with Gasteiger partial charge in [0, 0.05) is 37.5 Å². The number of hydrogen-bond donors (Lipinski definition) is 2. The third-order valence-electron chi connectivity index (χ3n) is 3.64. The molecule has 4 nitrogen and oxygen atoms in total. The fraction of sp³-hybridized carbons (Fsp3) is 0.588. The van der Waals surface area contributed by atoms with Crippen molar-refractivity contribution >= 4 is 11.0 Å². The van der Waals surface area contributed by atoms with Crippen LogP contribution in [0.5, 0.6) is 0 Å². The van der Waals surface area contributed by atoms with Crippen molar-refractivity contribution in [3.8, 4) is 0 Å². The molecule has 0 saturated heterocycles. The van der Waals surface area contributed by atoms with Crippen LogP contribution in [0.3, 0.4) is 0 Å². The fourth-order valence-corrected chi connectivity index (χ4v) is 2.57. The standard InChI is InChI=1S/C17H27N3O/c1-14(2)11-18-12-15-13-20(9-4-3-5-10-21)17-16(15)7-6-8-19-17/h6-8,13-14,18,21H,3-5,9-12H2,1-2H3. The van der Waals surface area contributed by atoms with Gasteiger partial charge in [-0.25, -0.2) is 4.98 Å². The highest BCUT2D eigenvalue weighted by Crippen LogP contribution is 2.20. The second-order valence-corrected chi connectivity index (χ2v) is 6.03. The van der Waals surface area contributed by atoms with Gasteiger partial charge in [0.1, 0.15) is 5.65 Å². The zero-order valence-electron chi connectivity index (χ0n) is 13.2. The first-order chi connectivity index (χ1) is 10.2. The van der Waals surface area contributed by atoms with E-state index in [1.165, 1.54) is 10.9 Å². The van der Waals surface area contributed by atoms with E-state index in [-0.39, 0.29) is 6.61 Å². The molecule has 0 unspecified atom stereocenters. The summed E-state index contributed by atoms with van der Waals surface area (Å²) < 4.78 is 2.25. The van der Waals surface area contributed by atoms with Crippen LogP contribution in [0.1, 0.15) is 38.7 Å². The SMILES string of the molecule is CC(C)CNCc1cn(CCCCCO)c2ncccc12. The molecule has 0 aliphatic rings. The largest absolute Gasteiger partial charge is 0.396 e. The van der Waals surface area contributed by atoms with Crippen molar-refractivity contribution in [1.82, 2.24) is 14.9 Å². The first kappa shape index (κ1) is 16.0. The van der Waals surface area contributed by atoms with Gasteiger partial charge in [0.15, 0.2) is 0 Å². The maximum atomic E-state index is 8.85. The van der Waals surface area contributed by atoms with Crippen molar-refractivity contribution in [1.29, 1.82) is 0 Å². The summed E-state index contributed by atoms with van der Waals surface area (Å²) >= 11 is 0. The lowest BCUT2D eigenvalue weighted by Crippen LogP contribution is -2.18. The molecule has 0 bridgehead atoms. The van der Waals surface area contributed by atoms with E-state index in [4.69, 9.17) is 5.11 Å². The quantitative estimate of drug-likeness (QED) is 0.698. The molecule has 0 aliphatic heterocycles. The maximum Gasteiger partial charge on any atom is 0.140 e. The summed E-state index contributed by atoms with van der Waals surface area (Å²) in [6.07, 6.45) is 7.11. The van der Waals surface area contributed by atoms with E-state index in [1.54, 1.807) is 0 Å². The maximum absolute atomic E-state index is 8.85. The summed E-state index contributed by atoms with van der Waals surface area (Å²) in [6, 6.07) is 4.16. The van der Waals surface area contributed by atoms with Crippen LogP contribution in [0.4, 0.5) is 0 Å². The number of nitrogens with one attached hydrogen (secondary N) is 1. The highest BCUT2D eigenvalue weighted by atomic mass is 16.2. The number of aliphatic hydroxyl groups is 1. The Hall–Kier alpha value is -1.39. The zero-order chi connectivity index (χ0) is 15.1. The lowest BCUT2D eigenvalue weighted by molar-refractivity contribution is 0.282. The third-order valence-corrected chi connectivity index (χ3v) is 3.64. The van der Waals surface area contributed by atoms with E-state index >= 15 is 0 Å². The minimum absolute atomic E-state index is 0.287. The van der Waals surface area contributed by atoms with E-state index in [0.29, 0.717) is 5.92 Å². The summed E-state index contributed by atoms with van der Waals surface area (Å²) in [4.78, 5) is 4.53. The first-order valence-electron chi connectivity index (χ1n) is 7.96. The monoisotopic (exact) mass is 289 g/mol. The van der Waals surface area contributed by atoms with E-state index in [1.807, 2.05) is 12.3 Å². The molecular formula is C17H27N3O. The Morgan fingerprint density at radius 1 is 1.29 bits per heavy atom. The number of fused-ring (bicyclic) bond motifs is 1. The van der Waals surface area contributed by atoms with Gasteiger partial charge in [-0.15, -0.1) is 0 Å². The number of pyridine rings is 1. The van der Waals surface area contributed by atoms with Crippen molar-refractivity contribution in [3.05, 3.63) is 30.1 Å². The summed E-state index contributed by atoms with van der Waals surface area (Å²) in [6.45, 7) is 7.62. The summed E-state index contributed by atoms with van der Waals surface area (Å²) in [5.74, 6) is 0.662. The van der Waals surface area contributed by atoms with E-state index in [9.17, 15) is 0 Å². The minimum atomic E-state index is 0.287. The Kier molecular flexibility index (Phi) is 6.21. The van der Waals surface area contributed by atoms with Gasteiger partial charge >= 0.3 is 0 Å². The summed E-state index contributed by atoms with van der Waals surface area (Å²) in [5.41, 5.74) is 2.39. The molecule has 2 N–H and O–H groups in total. The number of hydrogen-bond acceptors (Lipinski definition) is 3. The van der Waals surface area contributed by atoms with E-state index in [0.717, 1.165) is 44.5 Å². The van der Waals surface area contributed by atoms with Crippen LogP contribution in [-0.4, -0.2) is 27.8 Å². The number of nitrogens with zero attached hydrogens (tertiary/aromatic N) is 2. The Labute approximate surface area is 127 Å². The molecule has 116 valence electrons. The number of aryl methyl sites for hydroxylation is 1. The third kappa shape index (κ3) is 4.55. The number of unbranched alkanes of at least 4 members (excludes halogenated alkanes) is 2. The highest BCUT2D eigenvalue weighted by Gasteiger charge is 2.09. The van der Waals surface area contributed by atoms with Crippen LogP contribution in [0.2, 0.25) is 0 Å². The van der Waals surface area contributed by atoms with Gasteiger partial charge in [0.2, 0.25) is 0 Å². The van der Waals surface area contributed by atoms with Gasteiger partial charge in [-0.3, -0.25) is 0 Å². The molecule has 0 fully saturated rings. The molecule has 2 aromatic rings. The van der Waals surface area contributed by atoms with Crippen LogP contribution in [0.25, 0.3) is 11.0 Å². The molecule has 0 spiro atoms. The normalized spacial score (nSPS) is 11.6. The highest BCUT2D eigenvalue weighted by molar-refractivity contribution is 5.80. The Balaban J connectivity index is 2.06. The van der Waals surface area contributed by atoms with Crippen LogP contribution < -0.4 is 5.32 Å². The molecule has 2 rings (SSSR count). The molecular weight excluding hydrogens is 262 g/mol.